The molecule has 1 aromatic heterocycles. The van der Waals surface area contributed by atoms with E-state index in [-0.39, 0.29) is 0 Å². The Morgan fingerprint density at radius 1 is 1.47 bits per heavy atom. The Morgan fingerprint density at radius 3 is 2.87 bits per heavy atom. The first-order valence-electron chi connectivity index (χ1n) is 4.34. The van der Waals surface area contributed by atoms with Gasteiger partial charge in [0.2, 0.25) is 5.78 Å². The van der Waals surface area contributed by atoms with Gasteiger partial charge in [-0.3, -0.25) is 9.79 Å². The van der Waals surface area contributed by atoms with Gasteiger partial charge in [-0.05, 0) is 6.42 Å². The second kappa shape index (κ2) is 3.81. The van der Waals surface area contributed by atoms with Gasteiger partial charge in [0.15, 0.2) is 0 Å². The Balaban J connectivity index is 2.57. The average Bonchev–Trinajstić information content (AvgIpc) is 2.58. The van der Waals surface area contributed by atoms with Crippen LogP contribution in [0.3, 0.4) is 0 Å². The smallest absolute Gasteiger partial charge is 0.253 e. The summed E-state index contributed by atoms with van der Waals surface area (Å²) in [5.74, 6) is -0.529. The van der Waals surface area contributed by atoms with E-state index in [9.17, 15) is 4.79 Å². The van der Waals surface area contributed by atoms with Crippen LogP contribution in [0.1, 0.15) is 16.8 Å². The van der Waals surface area contributed by atoms with Crippen LogP contribution in [-0.2, 0) is 0 Å². The number of carbonyl (C=O) groups is 1. The molecule has 2 rings (SSSR count). The molecular formula is C9H7Cl3N2O. The van der Waals surface area contributed by atoms with E-state index in [0.717, 1.165) is 18.2 Å². The van der Waals surface area contributed by atoms with Gasteiger partial charge in [-0.1, -0.05) is 40.9 Å². The maximum Gasteiger partial charge on any atom is 0.253 e. The van der Waals surface area contributed by atoms with Gasteiger partial charge >= 0.3 is 0 Å². The number of rotatable bonds is 1. The van der Waals surface area contributed by atoms with Crippen LogP contribution in [0.5, 0.6) is 0 Å². The number of H-pyrrole nitrogens is 1. The molecule has 80 valence electrons. The molecule has 0 aliphatic carbocycles. The van der Waals surface area contributed by atoms with E-state index in [1.807, 2.05) is 6.08 Å². The fraction of sp³-hybridized carbons (Fsp3) is 0.333. The van der Waals surface area contributed by atoms with Crippen LogP contribution in [0.15, 0.2) is 11.2 Å². The molecule has 3 nitrogen and oxygen atoms in total. The number of fused-ring (bicyclic) bond motifs is 1. The zero-order valence-electron chi connectivity index (χ0n) is 7.56. The number of ketones is 1. The third kappa shape index (κ3) is 2.05. The molecule has 0 aromatic carbocycles. The SMILES string of the molecule is O=C(c1c[nH]c2c1=CCCN=2)C(Cl)(Cl)Cl. The fourth-order valence-corrected chi connectivity index (χ4v) is 1.79. The van der Waals surface area contributed by atoms with Crippen LogP contribution in [-0.4, -0.2) is 21.1 Å². The molecule has 0 radical (unpaired) electrons. The highest BCUT2D eigenvalue weighted by molar-refractivity contribution is 6.77. The zero-order chi connectivity index (χ0) is 11.1. The first kappa shape index (κ1) is 11.0. The number of nitrogens with one attached hydrogen (secondary N) is 1. The third-order valence-electron chi connectivity index (χ3n) is 2.15. The van der Waals surface area contributed by atoms with Crippen molar-refractivity contribution in [1.82, 2.24) is 4.98 Å². The number of halogens is 3. The van der Waals surface area contributed by atoms with E-state index in [4.69, 9.17) is 34.8 Å². The van der Waals surface area contributed by atoms with Crippen molar-refractivity contribution < 1.29 is 4.79 Å². The van der Waals surface area contributed by atoms with Crippen LogP contribution >= 0.6 is 34.8 Å². The molecule has 1 aliphatic heterocycles. The van der Waals surface area contributed by atoms with Crippen molar-refractivity contribution in [2.45, 2.75) is 10.2 Å². The summed E-state index contributed by atoms with van der Waals surface area (Å²) >= 11 is 16.6. The Hall–Kier alpha value is -0.510. The Bertz CT molecular complexity index is 512. The molecule has 0 saturated carbocycles. The van der Waals surface area contributed by atoms with Crippen molar-refractivity contribution in [1.29, 1.82) is 0 Å². The molecule has 0 amide bonds. The highest BCUT2D eigenvalue weighted by Gasteiger charge is 2.33. The maximum absolute atomic E-state index is 11.7. The predicted molar refractivity (Wildman–Crippen MR) is 60.1 cm³/mol. The summed E-state index contributed by atoms with van der Waals surface area (Å²) in [6.07, 6.45) is 4.24. The minimum atomic E-state index is -1.92. The van der Waals surface area contributed by atoms with E-state index < -0.39 is 9.58 Å². The molecule has 0 atom stereocenters. The van der Waals surface area contributed by atoms with E-state index in [1.54, 1.807) is 0 Å². The van der Waals surface area contributed by atoms with Crippen LogP contribution in [0.2, 0.25) is 0 Å². The monoisotopic (exact) mass is 264 g/mol. The van der Waals surface area contributed by atoms with Gasteiger partial charge in [0.05, 0.1) is 0 Å². The molecule has 6 heteroatoms. The average molecular weight is 266 g/mol. The van der Waals surface area contributed by atoms with Crippen molar-refractivity contribution in [2.75, 3.05) is 6.54 Å². The molecule has 0 spiro atoms. The first-order valence-corrected chi connectivity index (χ1v) is 5.47. The van der Waals surface area contributed by atoms with E-state index >= 15 is 0 Å². The van der Waals surface area contributed by atoms with Gasteiger partial charge in [0.1, 0.15) is 5.49 Å². The Labute approximate surface area is 101 Å². The number of nitrogens with zero attached hydrogens (tertiary/aromatic N) is 1. The van der Waals surface area contributed by atoms with Gasteiger partial charge in [-0.25, -0.2) is 0 Å². The molecule has 1 aromatic rings. The molecule has 0 saturated heterocycles. The van der Waals surface area contributed by atoms with Gasteiger partial charge in [-0.2, -0.15) is 0 Å². The first-order chi connectivity index (χ1) is 7.00. The number of carbonyl (C=O) groups excluding carboxylic acids is 1. The highest BCUT2D eigenvalue weighted by Crippen LogP contribution is 2.29. The third-order valence-corrected chi connectivity index (χ3v) is 2.66. The highest BCUT2D eigenvalue weighted by atomic mass is 35.6. The summed E-state index contributed by atoms with van der Waals surface area (Å²) in [7, 11) is 0. The normalized spacial score (nSPS) is 15.1. The largest absolute Gasteiger partial charge is 0.346 e. The molecule has 0 bridgehead atoms. The minimum absolute atomic E-state index is 0.383. The molecule has 0 fully saturated rings. The zero-order valence-corrected chi connectivity index (χ0v) is 9.83. The van der Waals surface area contributed by atoms with Crippen molar-refractivity contribution in [3.63, 3.8) is 0 Å². The number of aromatic amines is 1. The summed E-state index contributed by atoms with van der Waals surface area (Å²) in [4.78, 5) is 18.8. The number of hydrogen-bond donors (Lipinski definition) is 1. The summed E-state index contributed by atoms with van der Waals surface area (Å²) < 4.78 is -1.92. The number of Topliss-reactive ketones (excluding diaryl/α,β-unsaturated/α-hetero) is 1. The van der Waals surface area contributed by atoms with Crippen molar-refractivity contribution >= 4 is 46.7 Å². The van der Waals surface area contributed by atoms with E-state index in [0.29, 0.717) is 11.1 Å². The summed E-state index contributed by atoms with van der Waals surface area (Å²) in [5, 5.41) is 0.734. The standard InChI is InChI=1S/C9H7Cl3N2O/c10-9(11,12)7(15)6-4-14-8-5(6)2-1-3-13-8/h2,4H,1,3H2,(H,13,14). The van der Waals surface area contributed by atoms with Gasteiger partial charge in [-0.15, -0.1) is 0 Å². The van der Waals surface area contributed by atoms with Crippen molar-refractivity contribution in [3.05, 3.63) is 22.5 Å². The quantitative estimate of drug-likeness (QED) is 0.605. The lowest BCUT2D eigenvalue weighted by molar-refractivity contribution is 0.0995. The molecular weight excluding hydrogens is 258 g/mol. The topological polar surface area (TPSA) is 45.2 Å². The molecule has 15 heavy (non-hydrogen) atoms. The van der Waals surface area contributed by atoms with E-state index in [1.165, 1.54) is 6.20 Å². The van der Waals surface area contributed by atoms with Crippen LogP contribution in [0.4, 0.5) is 0 Å². The summed E-state index contributed by atoms with van der Waals surface area (Å²) in [6, 6.07) is 0. The van der Waals surface area contributed by atoms with Crippen molar-refractivity contribution in [3.8, 4) is 0 Å². The lowest BCUT2D eigenvalue weighted by Crippen LogP contribution is -2.33. The summed E-state index contributed by atoms with van der Waals surface area (Å²) in [5.41, 5.74) is 1.06. The molecule has 1 aliphatic rings. The lowest BCUT2D eigenvalue weighted by atomic mass is 10.1. The Kier molecular flexibility index (Phi) is 2.79. The fourth-order valence-electron chi connectivity index (χ4n) is 1.49. The van der Waals surface area contributed by atoms with Crippen molar-refractivity contribution in [2.24, 2.45) is 4.99 Å². The number of hydrogen-bond acceptors (Lipinski definition) is 2. The second-order valence-electron chi connectivity index (χ2n) is 3.17. The van der Waals surface area contributed by atoms with Crippen LogP contribution in [0.25, 0.3) is 6.08 Å². The van der Waals surface area contributed by atoms with Crippen LogP contribution < -0.4 is 10.7 Å². The van der Waals surface area contributed by atoms with Gasteiger partial charge in [0, 0.05) is 23.5 Å². The van der Waals surface area contributed by atoms with E-state index in [2.05, 4.69) is 9.98 Å². The Morgan fingerprint density at radius 2 is 2.20 bits per heavy atom. The number of aromatic nitrogens is 1. The summed E-state index contributed by atoms with van der Waals surface area (Å²) in [6.45, 7) is 0.717. The second-order valence-corrected chi connectivity index (χ2v) is 5.45. The minimum Gasteiger partial charge on any atom is -0.346 e. The lowest BCUT2D eigenvalue weighted by Gasteiger charge is -2.07. The van der Waals surface area contributed by atoms with Gasteiger partial charge in [0.25, 0.3) is 3.79 Å². The maximum atomic E-state index is 11.7. The van der Waals surface area contributed by atoms with Crippen LogP contribution in [0, 0.1) is 0 Å². The number of alkyl halides is 3. The molecule has 0 unspecified atom stereocenters. The van der Waals surface area contributed by atoms with Gasteiger partial charge < -0.3 is 4.98 Å². The molecule has 1 N–H and O–H groups in total. The molecule has 2 heterocycles. The predicted octanol–water partition coefficient (Wildman–Crippen LogP) is 1.37.